The van der Waals surface area contributed by atoms with Gasteiger partial charge in [0.15, 0.2) is 0 Å². The molecule has 1 aliphatic carbocycles. The van der Waals surface area contributed by atoms with Crippen molar-refractivity contribution in [3.05, 3.63) is 53.7 Å². The quantitative estimate of drug-likeness (QED) is 0.847. The van der Waals surface area contributed by atoms with Crippen LogP contribution in [-0.4, -0.2) is 0 Å². The van der Waals surface area contributed by atoms with E-state index in [-0.39, 0.29) is 11.9 Å². The van der Waals surface area contributed by atoms with E-state index in [1.165, 1.54) is 17.7 Å². The summed E-state index contributed by atoms with van der Waals surface area (Å²) in [6, 6.07) is 8.82. The van der Waals surface area contributed by atoms with Gasteiger partial charge in [-0.2, -0.15) is 0 Å². The number of anilines is 1. The van der Waals surface area contributed by atoms with Crippen LogP contribution in [0, 0.1) is 5.82 Å². The van der Waals surface area contributed by atoms with Gasteiger partial charge in [-0.15, -0.1) is 0 Å². The van der Waals surface area contributed by atoms with E-state index in [0.29, 0.717) is 0 Å². The number of nitrogens with one attached hydrogen (secondary N) is 1. The molecule has 3 heteroatoms. The van der Waals surface area contributed by atoms with Gasteiger partial charge in [0.25, 0.3) is 0 Å². The number of rotatable bonds is 2. The maximum Gasteiger partial charge on any atom is 0.125 e. The Morgan fingerprint density at radius 1 is 1.29 bits per heavy atom. The summed E-state index contributed by atoms with van der Waals surface area (Å²) in [5.41, 5.74) is 2.03. The van der Waals surface area contributed by atoms with Crippen LogP contribution in [0.4, 0.5) is 10.1 Å². The van der Waals surface area contributed by atoms with Gasteiger partial charge in [0, 0.05) is 17.7 Å². The van der Waals surface area contributed by atoms with Gasteiger partial charge in [-0.05, 0) is 37.1 Å². The molecule has 0 radical (unpaired) electrons. The summed E-state index contributed by atoms with van der Waals surface area (Å²) in [5, 5.41) is 3.36. The first-order valence-corrected chi connectivity index (χ1v) is 5.91. The Balaban J connectivity index is 1.84. The highest BCUT2D eigenvalue weighted by Gasteiger charge is 2.22. The van der Waals surface area contributed by atoms with Gasteiger partial charge >= 0.3 is 0 Å². The van der Waals surface area contributed by atoms with E-state index in [4.69, 9.17) is 4.42 Å². The standard InChI is InChI=1S/C14H14FNO/c15-10-3-1-4-11(9-10)16-13-5-2-6-14-12(13)7-8-17-14/h1,3-4,7-9,13,16H,2,5-6H2. The molecule has 1 aromatic carbocycles. The van der Waals surface area contributed by atoms with Gasteiger partial charge in [-0.3, -0.25) is 0 Å². The lowest BCUT2D eigenvalue weighted by Gasteiger charge is -2.23. The zero-order chi connectivity index (χ0) is 11.7. The molecule has 1 heterocycles. The fraction of sp³-hybridized carbons (Fsp3) is 0.286. The normalized spacial score (nSPS) is 18.8. The minimum atomic E-state index is -0.210. The highest BCUT2D eigenvalue weighted by molar-refractivity contribution is 5.46. The van der Waals surface area contributed by atoms with Gasteiger partial charge in [-0.1, -0.05) is 6.07 Å². The zero-order valence-electron chi connectivity index (χ0n) is 9.45. The first-order valence-electron chi connectivity index (χ1n) is 5.91. The van der Waals surface area contributed by atoms with Crippen LogP contribution >= 0.6 is 0 Å². The third-order valence-corrected chi connectivity index (χ3v) is 3.22. The van der Waals surface area contributed by atoms with Crippen LogP contribution in [-0.2, 0) is 6.42 Å². The van der Waals surface area contributed by atoms with Crippen molar-refractivity contribution in [3.8, 4) is 0 Å². The largest absolute Gasteiger partial charge is 0.469 e. The minimum Gasteiger partial charge on any atom is -0.469 e. The van der Waals surface area contributed by atoms with Crippen LogP contribution in [0.5, 0.6) is 0 Å². The second-order valence-corrected chi connectivity index (χ2v) is 4.40. The lowest BCUT2D eigenvalue weighted by atomic mass is 9.93. The second-order valence-electron chi connectivity index (χ2n) is 4.40. The van der Waals surface area contributed by atoms with Crippen molar-refractivity contribution in [2.24, 2.45) is 0 Å². The summed E-state index contributed by atoms with van der Waals surface area (Å²) >= 11 is 0. The molecule has 1 atom stereocenters. The number of furan rings is 1. The molecule has 2 aromatic rings. The predicted octanol–water partition coefficient (Wildman–Crippen LogP) is 3.91. The van der Waals surface area contributed by atoms with E-state index in [2.05, 4.69) is 5.32 Å². The third kappa shape index (κ3) is 2.05. The second kappa shape index (κ2) is 4.24. The molecule has 3 rings (SSSR count). The van der Waals surface area contributed by atoms with Crippen LogP contribution in [0.25, 0.3) is 0 Å². The highest BCUT2D eigenvalue weighted by atomic mass is 19.1. The lowest BCUT2D eigenvalue weighted by Crippen LogP contribution is -2.15. The molecule has 88 valence electrons. The average molecular weight is 231 g/mol. The van der Waals surface area contributed by atoms with E-state index in [1.54, 1.807) is 12.3 Å². The van der Waals surface area contributed by atoms with Crippen LogP contribution in [0.15, 0.2) is 41.0 Å². The monoisotopic (exact) mass is 231 g/mol. The summed E-state index contributed by atoms with van der Waals surface area (Å²) in [6.07, 6.45) is 4.90. The topological polar surface area (TPSA) is 25.2 Å². The molecule has 0 saturated carbocycles. The summed E-state index contributed by atoms with van der Waals surface area (Å²) in [7, 11) is 0. The lowest BCUT2D eigenvalue weighted by molar-refractivity contribution is 0.461. The van der Waals surface area contributed by atoms with Crippen molar-refractivity contribution in [3.63, 3.8) is 0 Å². The Hall–Kier alpha value is -1.77. The molecule has 1 aliphatic rings. The highest BCUT2D eigenvalue weighted by Crippen LogP contribution is 2.33. The number of fused-ring (bicyclic) bond motifs is 1. The summed E-state index contributed by atoms with van der Waals surface area (Å²) in [4.78, 5) is 0. The maximum absolute atomic E-state index is 13.1. The summed E-state index contributed by atoms with van der Waals surface area (Å²) in [5.74, 6) is 0.850. The molecule has 17 heavy (non-hydrogen) atoms. The third-order valence-electron chi connectivity index (χ3n) is 3.22. The van der Waals surface area contributed by atoms with Crippen molar-refractivity contribution in [2.45, 2.75) is 25.3 Å². The molecular weight excluding hydrogens is 217 g/mol. The van der Waals surface area contributed by atoms with Crippen molar-refractivity contribution in [1.29, 1.82) is 0 Å². The van der Waals surface area contributed by atoms with Crippen molar-refractivity contribution in [2.75, 3.05) is 5.32 Å². The molecule has 1 unspecified atom stereocenters. The van der Waals surface area contributed by atoms with Gasteiger partial charge in [-0.25, -0.2) is 4.39 Å². The van der Waals surface area contributed by atoms with Crippen LogP contribution < -0.4 is 5.32 Å². The molecule has 0 bridgehead atoms. The molecule has 1 aromatic heterocycles. The number of hydrogen-bond acceptors (Lipinski definition) is 2. The van der Waals surface area contributed by atoms with Crippen molar-refractivity contribution < 1.29 is 8.81 Å². The smallest absolute Gasteiger partial charge is 0.125 e. The van der Waals surface area contributed by atoms with Gasteiger partial charge in [0.05, 0.1) is 12.3 Å². The SMILES string of the molecule is Fc1cccc(NC2CCCc3occc32)c1. The van der Waals surface area contributed by atoms with Crippen LogP contribution in [0.2, 0.25) is 0 Å². The number of hydrogen-bond donors (Lipinski definition) is 1. The molecule has 0 fully saturated rings. The Morgan fingerprint density at radius 3 is 3.12 bits per heavy atom. The Labute approximate surface area is 99.5 Å². The fourth-order valence-corrected chi connectivity index (χ4v) is 2.42. The minimum absolute atomic E-state index is 0.210. The molecule has 0 amide bonds. The Kier molecular flexibility index (Phi) is 2.59. The van der Waals surface area contributed by atoms with E-state index in [0.717, 1.165) is 30.7 Å². The van der Waals surface area contributed by atoms with Gasteiger partial charge in [0.1, 0.15) is 11.6 Å². The van der Waals surface area contributed by atoms with Crippen LogP contribution in [0.3, 0.4) is 0 Å². The van der Waals surface area contributed by atoms with Crippen LogP contribution in [0.1, 0.15) is 30.2 Å². The fourth-order valence-electron chi connectivity index (χ4n) is 2.42. The van der Waals surface area contributed by atoms with E-state index in [9.17, 15) is 4.39 Å². The Morgan fingerprint density at radius 2 is 2.24 bits per heavy atom. The van der Waals surface area contributed by atoms with Crippen molar-refractivity contribution >= 4 is 5.69 Å². The molecule has 0 saturated heterocycles. The van der Waals surface area contributed by atoms with Crippen molar-refractivity contribution in [1.82, 2.24) is 0 Å². The molecule has 0 spiro atoms. The summed E-state index contributed by atoms with van der Waals surface area (Å²) < 4.78 is 18.5. The number of aryl methyl sites for hydroxylation is 1. The average Bonchev–Trinajstić information content (AvgIpc) is 2.78. The molecule has 1 N–H and O–H groups in total. The van der Waals surface area contributed by atoms with E-state index >= 15 is 0 Å². The first kappa shape index (κ1) is 10.4. The maximum atomic E-state index is 13.1. The Bertz CT molecular complexity index is 520. The zero-order valence-corrected chi connectivity index (χ0v) is 9.45. The number of halogens is 1. The molecule has 0 aliphatic heterocycles. The van der Waals surface area contributed by atoms with E-state index < -0.39 is 0 Å². The molecule has 2 nitrogen and oxygen atoms in total. The first-order chi connectivity index (χ1) is 8.33. The van der Waals surface area contributed by atoms with Gasteiger partial charge < -0.3 is 9.73 Å². The van der Waals surface area contributed by atoms with E-state index in [1.807, 2.05) is 12.1 Å². The van der Waals surface area contributed by atoms with Gasteiger partial charge in [0.2, 0.25) is 0 Å². The number of benzene rings is 1. The summed E-state index contributed by atoms with van der Waals surface area (Å²) in [6.45, 7) is 0. The molecular formula is C14H14FNO. The predicted molar refractivity (Wildman–Crippen MR) is 64.4 cm³/mol.